The summed E-state index contributed by atoms with van der Waals surface area (Å²) >= 11 is 0. The van der Waals surface area contributed by atoms with Gasteiger partial charge in [0.2, 0.25) is 0 Å². The van der Waals surface area contributed by atoms with Crippen molar-refractivity contribution < 1.29 is 14.2 Å². The first-order chi connectivity index (χ1) is 10.3. The smallest absolute Gasteiger partial charge is 0.127 e. The molecule has 4 heteroatoms. The molecule has 1 N–H and O–H groups in total. The molecule has 0 radical (unpaired) electrons. The molecule has 0 amide bonds. The lowest BCUT2D eigenvalue weighted by molar-refractivity contribution is 0.0980. The van der Waals surface area contributed by atoms with Gasteiger partial charge in [-0.05, 0) is 38.3 Å². The minimum atomic E-state index is 0.445. The second-order valence-electron chi connectivity index (χ2n) is 5.38. The van der Waals surface area contributed by atoms with E-state index in [2.05, 4.69) is 18.3 Å². The zero-order valence-electron chi connectivity index (χ0n) is 13.2. The number of rotatable bonds is 9. The third-order valence-corrected chi connectivity index (χ3v) is 3.79. The van der Waals surface area contributed by atoms with Crippen LogP contribution in [0.3, 0.4) is 0 Å². The monoisotopic (exact) mass is 293 g/mol. The van der Waals surface area contributed by atoms with Crippen molar-refractivity contribution in [3.8, 4) is 11.5 Å². The molecule has 4 nitrogen and oxygen atoms in total. The van der Waals surface area contributed by atoms with E-state index in [1.165, 1.54) is 18.4 Å². The Morgan fingerprint density at radius 3 is 3.00 bits per heavy atom. The zero-order chi connectivity index (χ0) is 14.9. The van der Waals surface area contributed by atoms with E-state index in [1.54, 1.807) is 7.11 Å². The molecule has 0 spiro atoms. The van der Waals surface area contributed by atoms with Crippen LogP contribution >= 0.6 is 0 Å². The second kappa shape index (κ2) is 8.90. The van der Waals surface area contributed by atoms with E-state index in [4.69, 9.17) is 14.2 Å². The lowest BCUT2D eigenvalue weighted by atomic mass is 10.1. The molecule has 0 aliphatic carbocycles. The Bertz CT molecular complexity index is 416. The predicted molar refractivity (Wildman–Crippen MR) is 84.1 cm³/mol. The average molecular weight is 293 g/mol. The van der Waals surface area contributed by atoms with Gasteiger partial charge in [0.05, 0.1) is 19.8 Å². The lowest BCUT2D eigenvalue weighted by Crippen LogP contribution is -2.13. The van der Waals surface area contributed by atoms with E-state index >= 15 is 0 Å². The maximum atomic E-state index is 5.96. The van der Waals surface area contributed by atoms with Crippen LogP contribution in [0.1, 0.15) is 38.2 Å². The summed E-state index contributed by atoms with van der Waals surface area (Å²) in [4.78, 5) is 0. The minimum absolute atomic E-state index is 0.445. The lowest BCUT2D eigenvalue weighted by Gasteiger charge is -2.14. The van der Waals surface area contributed by atoms with Crippen LogP contribution in [0.15, 0.2) is 18.2 Å². The first kappa shape index (κ1) is 16.1. The fraction of sp³-hybridized carbons (Fsp3) is 0.647. The molecule has 1 aromatic carbocycles. The molecule has 2 rings (SSSR count). The number of ether oxygens (including phenoxy) is 3. The summed E-state index contributed by atoms with van der Waals surface area (Å²) in [6.45, 7) is 5.53. The largest absolute Gasteiger partial charge is 0.497 e. The molecule has 1 atom stereocenters. The molecule has 1 aromatic rings. The van der Waals surface area contributed by atoms with Crippen LogP contribution in [-0.4, -0.2) is 33.0 Å². The summed E-state index contributed by atoms with van der Waals surface area (Å²) in [6.07, 6.45) is 4.97. The number of hydrogen-bond acceptors (Lipinski definition) is 4. The first-order valence-electron chi connectivity index (χ1n) is 7.95. The molecule has 1 saturated heterocycles. The third-order valence-electron chi connectivity index (χ3n) is 3.79. The van der Waals surface area contributed by atoms with E-state index in [0.717, 1.165) is 50.6 Å². The highest BCUT2D eigenvalue weighted by molar-refractivity contribution is 5.40. The summed E-state index contributed by atoms with van der Waals surface area (Å²) in [5.74, 6) is 1.76. The third kappa shape index (κ3) is 5.21. The van der Waals surface area contributed by atoms with Crippen molar-refractivity contribution in [2.24, 2.45) is 0 Å². The molecule has 1 heterocycles. The molecule has 0 aromatic heterocycles. The molecule has 1 aliphatic rings. The van der Waals surface area contributed by atoms with Crippen LogP contribution in [-0.2, 0) is 11.3 Å². The van der Waals surface area contributed by atoms with Gasteiger partial charge in [0, 0.05) is 24.8 Å². The van der Waals surface area contributed by atoms with Gasteiger partial charge in [0.25, 0.3) is 0 Å². The van der Waals surface area contributed by atoms with Crippen LogP contribution in [0.4, 0.5) is 0 Å². The van der Waals surface area contributed by atoms with Gasteiger partial charge in [-0.15, -0.1) is 0 Å². The number of nitrogens with one attached hydrogen (secondary N) is 1. The first-order valence-corrected chi connectivity index (χ1v) is 7.95. The zero-order valence-corrected chi connectivity index (χ0v) is 13.2. The van der Waals surface area contributed by atoms with Crippen molar-refractivity contribution in [3.05, 3.63) is 23.8 Å². The molecular weight excluding hydrogens is 266 g/mol. The Kier molecular flexibility index (Phi) is 6.83. The summed E-state index contributed by atoms with van der Waals surface area (Å²) in [5, 5.41) is 3.34. The van der Waals surface area contributed by atoms with Gasteiger partial charge in [-0.1, -0.05) is 13.0 Å². The van der Waals surface area contributed by atoms with Crippen molar-refractivity contribution >= 4 is 0 Å². The quantitative estimate of drug-likeness (QED) is 0.710. The number of benzene rings is 1. The maximum absolute atomic E-state index is 5.96. The standard InChI is InChI=1S/C17H27NO3/c1-3-18-13-14-8-9-16(19-2)12-17(14)21-11-5-7-15-6-4-10-20-15/h8-9,12,15,18H,3-7,10-11,13H2,1-2H3. The molecule has 1 unspecified atom stereocenters. The Morgan fingerprint density at radius 2 is 2.29 bits per heavy atom. The fourth-order valence-corrected chi connectivity index (χ4v) is 2.57. The predicted octanol–water partition coefficient (Wildman–Crippen LogP) is 3.14. The van der Waals surface area contributed by atoms with Crippen molar-refractivity contribution in [2.45, 2.75) is 45.3 Å². The molecule has 1 fully saturated rings. The summed E-state index contributed by atoms with van der Waals surface area (Å²) in [7, 11) is 1.68. The van der Waals surface area contributed by atoms with E-state index in [1.807, 2.05) is 12.1 Å². The van der Waals surface area contributed by atoms with Gasteiger partial charge in [0.1, 0.15) is 11.5 Å². The molecule has 21 heavy (non-hydrogen) atoms. The van der Waals surface area contributed by atoms with Crippen LogP contribution in [0, 0.1) is 0 Å². The Labute approximate surface area is 127 Å². The average Bonchev–Trinajstić information content (AvgIpc) is 3.03. The van der Waals surface area contributed by atoms with Gasteiger partial charge >= 0.3 is 0 Å². The highest BCUT2D eigenvalue weighted by Crippen LogP contribution is 2.25. The van der Waals surface area contributed by atoms with Gasteiger partial charge < -0.3 is 19.5 Å². The van der Waals surface area contributed by atoms with E-state index in [-0.39, 0.29) is 0 Å². The van der Waals surface area contributed by atoms with Gasteiger partial charge in [0.15, 0.2) is 0 Å². The Hall–Kier alpha value is -1.26. The van der Waals surface area contributed by atoms with Crippen LogP contribution in [0.25, 0.3) is 0 Å². The minimum Gasteiger partial charge on any atom is -0.497 e. The summed E-state index contributed by atoms with van der Waals surface area (Å²) in [5.41, 5.74) is 1.18. The molecular formula is C17H27NO3. The summed E-state index contributed by atoms with van der Waals surface area (Å²) in [6, 6.07) is 6.02. The molecule has 0 bridgehead atoms. The normalized spacial score (nSPS) is 17.9. The summed E-state index contributed by atoms with van der Waals surface area (Å²) < 4.78 is 16.9. The van der Waals surface area contributed by atoms with Crippen LogP contribution in [0.5, 0.6) is 11.5 Å². The second-order valence-corrected chi connectivity index (χ2v) is 5.38. The van der Waals surface area contributed by atoms with Crippen molar-refractivity contribution in [3.63, 3.8) is 0 Å². The molecule has 118 valence electrons. The van der Waals surface area contributed by atoms with Crippen LogP contribution < -0.4 is 14.8 Å². The van der Waals surface area contributed by atoms with Gasteiger partial charge in [-0.3, -0.25) is 0 Å². The number of hydrogen-bond donors (Lipinski definition) is 1. The Balaban J connectivity index is 1.83. The molecule has 0 saturated carbocycles. The fourth-order valence-electron chi connectivity index (χ4n) is 2.57. The Morgan fingerprint density at radius 1 is 1.38 bits per heavy atom. The topological polar surface area (TPSA) is 39.7 Å². The van der Waals surface area contributed by atoms with Crippen LogP contribution in [0.2, 0.25) is 0 Å². The van der Waals surface area contributed by atoms with Gasteiger partial charge in [-0.25, -0.2) is 0 Å². The highest BCUT2D eigenvalue weighted by Gasteiger charge is 2.14. The number of methoxy groups -OCH3 is 1. The van der Waals surface area contributed by atoms with E-state index < -0.39 is 0 Å². The van der Waals surface area contributed by atoms with Gasteiger partial charge in [-0.2, -0.15) is 0 Å². The maximum Gasteiger partial charge on any atom is 0.127 e. The van der Waals surface area contributed by atoms with E-state index in [9.17, 15) is 0 Å². The van der Waals surface area contributed by atoms with Crippen molar-refractivity contribution in [2.75, 3.05) is 26.9 Å². The SMILES string of the molecule is CCNCc1ccc(OC)cc1OCCCC1CCCO1. The molecule has 1 aliphatic heterocycles. The van der Waals surface area contributed by atoms with Crippen molar-refractivity contribution in [1.29, 1.82) is 0 Å². The van der Waals surface area contributed by atoms with E-state index in [0.29, 0.717) is 6.10 Å². The highest BCUT2D eigenvalue weighted by atomic mass is 16.5. The van der Waals surface area contributed by atoms with Crippen molar-refractivity contribution in [1.82, 2.24) is 5.32 Å².